The van der Waals surface area contributed by atoms with Crippen molar-refractivity contribution in [1.29, 1.82) is 0 Å². The summed E-state index contributed by atoms with van der Waals surface area (Å²) in [5.41, 5.74) is 6.20. The number of aryl methyl sites for hydroxylation is 1. The molecule has 0 bridgehead atoms. The van der Waals surface area contributed by atoms with Crippen LogP contribution >= 0.6 is 0 Å². The Morgan fingerprint density at radius 3 is 2.67 bits per heavy atom. The monoisotopic (exact) mass is 251 g/mol. The van der Waals surface area contributed by atoms with Gasteiger partial charge in [0.15, 0.2) is 0 Å². The molecule has 5 nitrogen and oxygen atoms in total. The van der Waals surface area contributed by atoms with Gasteiger partial charge in [-0.15, -0.1) is 0 Å². The summed E-state index contributed by atoms with van der Waals surface area (Å²) in [6, 6.07) is 0. The van der Waals surface area contributed by atoms with Gasteiger partial charge >= 0.3 is 0 Å². The van der Waals surface area contributed by atoms with Crippen LogP contribution in [0.4, 0.5) is 0 Å². The van der Waals surface area contributed by atoms with Crippen LogP contribution < -0.4 is 11.1 Å². The fourth-order valence-electron chi connectivity index (χ4n) is 2.52. The topological polar surface area (TPSA) is 81.2 Å². The molecule has 1 aromatic rings. The Balaban J connectivity index is 1.76. The Morgan fingerprint density at radius 2 is 2.11 bits per heavy atom. The average Bonchev–Trinajstić information content (AvgIpc) is 2.83. The molecule has 1 saturated carbocycles. The van der Waals surface area contributed by atoms with Crippen molar-refractivity contribution in [2.24, 2.45) is 17.6 Å². The van der Waals surface area contributed by atoms with E-state index in [9.17, 15) is 4.79 Å². The molecular weight excluding hydrogens is 230 g/mol. The highest BCUT2D eigenvalue weighted by Gasteiger charge is 2.21. The van der Waals surface area contributed by atoms with E-state index >= 15 is 0 Å². The van der Waals surface area contributed by atoms with E-state index in [0.717, 1.165) is 25.9 Å². The van der Waals surface area contributed by atoms with Gasteiger partial charge in [-0.2, -0.15) is 0 Å². The van der Waals surface area contributed by atoms with E-state index in [1.807, 2.05) is 0 Å². The molecule has 100 valence electrons. The second-order valence-corrected chi connectivity index (χ2v) is 5.13. The number of amides is 1. The Kier molecular flexibility index (Phi) is 4.36. The molecular formula is C13H21N3O2. The lowest BCUT2D eigenvalue weighted by Crippen LogP contribution is -2.32. The van der Waals surface area contributed by atoms with Gasteiger partial charge in [0.05, 0.1) is 6.20 Å². The summed E-state index contributed by atoms with van der Waals surface area (Å²) >= 11 is 0. The predicted molar refractivity (Wildman–Crippen MR) is 68.1 cm³/mol. The summed E-state index contributed by atoms with van der Waals surface area (Å²) in [7, 11) is 0. The second kappa shape index (κ2) is 6.00. The molecule has 3 N–H and O–H groups in total. The van der Waals surface area contributed by atoms with Gasteiger partial charge in [-0.1, -0.05) is 5.16 Å². The number of carbonyl (C=O) groups is 1. The molecule has 1 aliphatic rings. The molecule has 0 spiro atoms. The maximum absolute atomic E-state index is 11.9. The molecule has 0 aromatic carbocycles. The predicted octanol–water partition coefficient (Wildman–Crippen LogP) is 1.48. The van der Waals surface area contributed by atoms with E-state index in [-0.39, 0.29) is 5.91 Å². The largest absolute Gasteiger partial charge is 0.361 e. The van der Waals surface area contributed by atoms with Crippen LogP contribution in [0.3, 0.4) is 0 Å². The van der Waals surface area contributed by atoms with E-state index in [2.05, 4.69) is 10.5 Å². The number of nitrogens with two attached hydrogens (primary N) is 1. The van der Waals surface area contributed by atoms with Crippen LogP contribution in [0.5, 0.6) is 0 Å². The van der Waals surface area contributed by atoms with Crippen LogP contribution in [0.2, 0.25) is 0 Å². The zero-order valence-corrected chi connectivity index (χ0v) is 10.8. The fraction of sp³-hybridized carbons (Fsp3) is 0.692. The van der Waals surface area contributed by atoms with Crippen LogP contribution in [0.25, 0.3) is 0 Å². The van der Waals surface area contributed by atoms with Crippen LogP contribution in [-0.2, 0) is 0 Å². The first kappa shape index (κ1) is 13.1. The van der Waals surface area contributed by atoms with Gasteiger partial charge < -0.3 is 15.6 Å². The van der Waals surface area contributed by atoms with E-state index < -0.39 is 0 Å². The first-order valence-electron chi connectivity index (χ1n) is 6.60. The number of hydrogen-bond donors (Lipinski definition) is 2. The van der Waals surface area contributed by atoms with E-state index in [1.165, 1.54) is 19.0 Å². The molecule has 5 heteroatoms. The molecule has 0 saturated heterocycles. The van der Waals surface area contributed by atoms with Crippen molar-refractivity contribution in [3.63, 3.8) is 0 Å². The Hall–Kier alpha value is -1.36. The minimum absolute atomic E-state index is 0.0882. The molecule has 0 aliphatic heterocycles. The standard InChI is InChI=1S/C13H21N3O2/c1-9-12(8-16-18-9)13(17)15-7-11-4-2-10(6-14)3-5-11/h8,10-11H,2-7,14H2,1H3,(H,15,17). The normalized spacial score (nSPS) is 23.9. The number of aromatic nitrogens is 1. The number of rotatable bonds is 4. The van der Waals surface area contributed by atoms with Crippen molar-refractivity contribution < 1.29 is 9.32 Å². The van der Waals surface area contributed by atoms with E-state index in [4.69, 9.17) is 10.3 Å². The van der Waals surface area contributed by atoms with Crippen LogP contribution in [0.1, 0.15) is 41.8 Å². The van der Waals surface area contributed by atoms with Gasteiger partial charge in [0.1, 0.15) is 11.3 Å². The van der Waals surface area contributed by atoms with Gasteiger partial charge in [-0.3, -0.25) is 4.79 Å². The summed E-state index contributed by atoms with van der Waals surface area (Å²) in [6.45, 7) is 3.27. The zero-order valence-electron chi connectivity index (χ0n) is 10.8. The number of hydrogen-bond acceptors (Lipinski definition) is 4. The van der Waals surface area contributed by atoms with Crippen LogP contribution in [-0.4, -0.2) is 24.2 Å². The number of nitrogens with zero attached hydrogens (tertiary/aromatic N) is 1. The van der Waals surface area contributed by atoms with Crippen molar-refractivity contribution >= 4 is 5.91 Å². The maximum Gasteiger partial charge on any atom is 0.256 e. The Morgan fingerprint density at radius 1 is 1.44 bits per heavy atom. The van der Waals surface area contributed by atoms with Gasteiger partial charge in [0.25, 0.3) is 5.91 Å². The Labute approximate surface area is 107 Å². The molecule has 0 atom stereocenters. The Bertz CT molecular complexity index is 395. The third-order valence-electron chi connectivity index (χ3n) is 3.85. The highest BCUT2D eigenvalue weighted by molar-refractivity contribution is 5.94. The molecule has 1 fully saturated rings. The first-order valence-corrected chi connectivity index (χ1v) is 6.60. The van der Waals surface area contributed by atoms with Crippen molar-refractivity contribution in [3.05, 3.63) is 17.5 Å². The molecule has 1 aromatic heterocycles. The summed E-state index contributed by atoms with van der Waals surface area (Å²) in [4.78, 5) is 11.9. The molecule has 1 heterocycles. The van der Waals surface area contributed by atoms with Gasteiger partial charge in [-0.05, 0) is 51.0 Å². The summed E-state index contributed by atoms with van der Waals surface area (Å²) in [6.07, 6.45) is 6.15. The molecule has 1 amide bonds. The smallest absolute Gasteiger partial charge is 0.256 e. The number of carbonyl (C=O) groups excluding carboxylic acids is 1. The van der Waals surface area contributed by atoms with E-state index in [1.54, 1.807) is 6.92 Å². The summed E-state index contributed by atoms with van der Waals surface area (Å²) < 4.78 is 4.88. The lowest BCUT2D eigenvalue weighted by atomic mass is 9.82. The fourth-order valence-corrected chi connectivity index (χ4v) is 2.52. The summed E-state index contributed by atoms with van der Waals surface area (Å²) in [5, 5.41) is 6.57. The van der Waals surface area contributed by atoms with Crippen LogP contribution in [0.15, 0.2) is 10.7 Å². The van der Waals surface area contributed by atoms with E-state index in [0.29, 0.717) is 23.2 Å². The molecule has 0 unspecified atom stereocenters. The van der Waals surface area contributed by atoms with Gasteiger partial charge in [0.2, 0.25) is 0 Å². The van der Waals surface area contributed by atoms with Crippen molar-refractivity contribution in [1.82, 2.24) is 10.5 Å². The SMILES string of the molecule is Cc1oncc1C(=O)NCC1CCC(CN)CC1. The first-order chi connectivity index (χ1) is 8.70. The molecule has 18 heavy (non-hydrogen) atoms. The summed E-state index contributed by atoms with van der Waals surface area (Å²) in [5.74, 6) is 1.74. The molecule has 2 rings (SSSR count). The lowest BCUT2D eigenvalue weighted by molar-refractivity contribution is 0.0940. The molecule has 0 radical (unpaired) electrons. The van der Waals surface area contributed by atoms with Crippen LogP contribution in [0, 0.1) is 18.8 Å². The second-order valence-electron chi connectivity index (χ2n) is 5.13. The third kappa shape index (κ3) is 3.10. The van der Waals surface area contributed by atoms with Gasteiger partial charge in [-0.25, -0.2) is 0 Å². The highest BCUT2D eigenvalue weighted by atomic mass is 16.5. The molecule has 1 aliphatic carbocycles. The van der Waals surface area contributed by atoms with Crippen molar-refractivity contribution in [2.45, 2.75) is 32.6 Å². The highest BCUT2D eigenvalue weighted by Crippen LogP contribution is 2.27. The third-order valence-corrected chi connectivity index (χ3v) is 3.85. The van der Waals surface area contributed by atoms with Gasteiger partial charge in [0, 0.05) is 6.54 Å². The maximum atomic E-state index is 11.9. The minimum Gasteiger partial charge on any atom is -0.361 e. The van der Waals surface area contributed by atoms with Crippen molar-refractivity contribution in [2.75, 3.05) is 13.1 Å². The zero-order chi connectivity index (χ0) is 13.0. The minimum atomic E-state index is -0.0882. The average molecular weight is 251 g/mol. The lowest BCUT2D eigenvalue weighted by Gasteiger charge is -2.27. The van der Waals surface area contributed by atoms with Crippen molar-refractivity contribution in [3.8, 4) is 0 Å². The number of nitrogens with one attached hydrogen (secondary N) is 1. The quantitative estimate of drug-likeness (QED) is 0.849.